The van der Waals surface area contributed by atoms with Gasteiger partial charge < -0.3 is 9.77 Å². The summed E-state index contributed by atoms with van der Waals surface area (Å²) in [5.41, 5.74) is 0.889. The first-order valence-electron chi connectivity index (χ1n) is 5.03. The quantitative estimate of drug-likeness (QED) is 0.625. The van der Waals surface area contributed by atoms with Crippen LogP contribution < -0.4 is 0 Å². The third-order valence-electron chi connectivity index (χ3n) is 1.98. The van der Waals surface area contributed by atoms with Gasteiger partial charge in [0, 0.05) is 33.7 Å². The molecular formula is C11H8BrCl2N3O3. The molecule has 106 valence electrons. The zero-order valence-corrected chi connectivity index (χ0v) is 12.9. The fourth-order valence-corrected chi connectivity index (χ4v) is 2.44. The van der Waals surface area contributed by atoms with E-state index in [4.69, 9.17) is 38.5 Å². The number of rotatable bonds is 2. The van der Waals surface area contributed by atoms with E-state index < -0.39 is 5.09 Å². The molecule has 1 heterocycles. The van der Waals surface area contributed by atoms with Crippen LogP contribution in [0, 0.1) is 10.1 Å². The molecule has 0 unspecified atom stereocenters. The highest BCUT2D eigenvalue weighted by atomic mass is 79.9. The normalized spacial score (nSPS) is 10.7. The van der Waals surface area contributed by atoms with Crippen LogP contribution in [0.15, 0.2) is 36.9 Å². The van der Waals surface area contributed by atoms with E-state index in [2.05, 4.69) is 20.9 Å². The SMILES string of the molecule is Clc1ccc(/C(Br)=C\n2ccnc2)c(Cl)c1.O=[N+]([O-])O. The lowest BCUT2D eigenvalue weighted by molar-refractivity contribution is -0.742. The van der Waals surface area contributed by atoms with Gasteiger partial charge in [-0.2, -0.15) is 0 Å². The summed E-state index contributed by atoms with van der Waals surface area (Å²) >= 11 is 15.4. The predicted molar refractivity (Wildman–Crippen MR) is 80.6 cm³/mol. The number of hydrogen-bond acceptors (Lipinski definition) is 3. The highest BCUT2D eigenvalue weighted by Crippen LogP contribution is 2.30. The van der Waals surface area contributed by atoms with Gasteiger partial charge in [-0.1, -0.05) is 29.3 Å². The molecule has 9 heteroatoms. The number of benzene rings is 1. The molecule has 0 saturated heterocycles. The minimum Gasteiger partial charge on any atom is -0.328 e. The molecular weight excluding hydrogens is 373 g/mol. The maximum Gasteiger partial charge on any atom is 0.291 e. The van der Waals surface area contributed by atoms with Crippen LogP contribution in [-0.2, 0) is 0 Å². The Morgan fingerprint density at radius 1 is 1.50 bits per heavy atom. The van der Waals surface area contributed by atoms with E-state index >= 15 is 0 Å². The molecule has 6 nitrogen and oxygen atoms in total. The molecule has 2 rings (SSSR count). The average Bonchev–Trinajstić information content (AvgIpc) is 2.80. The van der Waals surface area contributed by atoms with Crippen molar-refractivity contribution < 1.29 is 10.3 Å². The first-order chi connectivity index (χ1) is 9.40. The second-order valence-corrected chi connectivity index (χ2v) is 5.05. The summed E-state index contributed by atoms with van der Waals surface area (Å²) in [5.74, 6) is 0. The van der Waals surface area contributed by atoms with Gasteiger partial charge in [0.25, 0.3) is 5.09 Å². The lowest BCUT2D eigenvalue weighted by Crippen LogP contribution is -1.84. The van der Waals surface area contributed by atoms with E-state index in [1.807, 2.05) is 23.0 Å². The standard InChI is InChI=1S/C11H7BrCl2N2.HNO3/c12-10(6-16-4-3-15-7-16)9-2-1-8(13)5-11(9)14;2-1(3)4/h1-7H;(H,2,3,4)/b10-6+;. The third kappa shape index (κ3) is 5.60. The lowest BCUT2D eigenvalue weighted by atomic mass is 10.2. The smallest absolute Gasteiger partial charge is 0.291 e. The van der Waals surface area contributed by atoms with Crippen molar-refractivity contribution in [2.75, 3.05) is 0 Å². The largest absolute Gasteiger partial charge is 0.328 e. The Morgan fingerprint density at radius 3 is 2.65 bits per heavy atom. The number of nitrogens with zero attached hydrogens (tertiary/aromatic N) is 3. The van der Waals surface area contributed by atoms with Gasteiger partial charge in [-0.05, 0) is 28.1 Å². The van der Waals surface area contributed by atoms with Gasteiger partial charge in [-0.3, -0.25) is 0 Å². The van der Waals surface area contributed by atoms with Gasteiger partial charge in [0.2, 0.25) is 0 Å². The van der Waals surface area contributed by atoms with Gasteiger partial charge in [-0.15, -0.1) is 10.1 Å². The van der Waals surface area contributed by atoms with Crippen LogP contribution >= 0.6 is 39.1 Å². The van der Waals surface area contributed by atoms with Crippen molar-refractivity contribution in [2.45, 2.75) is 0 Å². The molecule has 0 atom stereocenters. The fraction of sp³-hybridized carbons (Fsp3) is 0. The van der Waals surface area contributed by atoms with Crippen LogP contribution in [0.1, 0.15) is 5.56 Å². The van der Waals surface area contributed by atoms with Gasteiger partial charge in [0.15, 0.2) is 0 Å². The molecule has 2 aromatic rings. The molecule has 20 heavy (non-hydrogen) atoms. The molecule has 0 aliphatic heterocycles. The molecule has 1 aromatic carbocycles. The van der Waals surface area contributed by atoms with E-state index in [-0.39, 0.29) is 0 Å². The topological polar surface area (TPSA) is 81.2 Å². The second-order valence-electron chi connectivity index (χ2n) is 3.35. The summed E-state index contributed by atoms with van der Waals surface area (Å²) in [6.45, 7) is 0. The number of halogens is 3. The highest BCUT2D eigenvalue weighted by molar-refractivity contribution is 9.15. The maximum absolute atomic E-state index is 8.36. The number of aromatic nitrogens is 2. The average molecular weight is 381 g/mol. The molecule has 1 N–H and O–H groups in total. The van der Waals surface area contributed by atoms with Crippen molar-refractivity contribution in [2.24, 2.45) is 0 Å². The van der Waals surface area contributed by atoms with Crippen LogP contribution in [0.5, 0.6) is 0 Å². The molecule has 0 fully saturated rings. The first kappa shape index (κ1) is 16.5. The Bertz CT molecular complexity index is 613. The summed E-state index contributed by atoms with van der Waals surface area (Å²) in [7, 11) is 0. The van der Waals surface area contributed by atoms with Gasteiger partial charge in [0.05, 0.1) is 11.3 Å². The van der Waals surface area contributed by atoms with Crippen LogP contribution in [-0.4, -0.2) is 19.8 Å². The highest BCUT2D eigenvalue weighted by Gasteiger charge is 2.04. The summed E-state index contributed by atoms with van der Waals surface area (Å²) in [6, 6.07) is 5.37. The van der Waals surface area contributed by atoms with Gasteiger partial charge >= 0.3 is 0 Å². The molecule has 1 aromatic heterocycles. The first-order valence-corrected chi connectivity index (χ1v) is 6.58. The minimum absolute atomic E-state index is 0.607. The third-order valence-corrected chi connectivity index (χ3v) is 3.16. The fourth-order valence-electron chi connectivity index (χ4n) is 1.23. The molecule has 0 spiro atoms. The summed E-state index contributed by atoms with van der Waals surface area (Å²) in [4.78, 5) is 12.3. The molecule has 0 bridgehead atoms. The van der Waals surface area contributed by atoms with Crippen molar-refractivity contribution in [3.63, 3.8) is 0 Å². The monoisotopic (exact) mass is 379 g/mol. The van der Waals surface area contributed by atoms with Crippen molar-refractivity contribution in [3.05, 3.63) is 62.6 Å². The van der Waals surface area contributed by atoms with Crippen LogP contribution in [0.25, 0.3) is 10.7 Å². The molecule has 0 aliphatic rings. The van der Waals surface area contributed by atoms with E-state index in [9.17, 15) is 0 Å². The van der Waals surface area contributed by atoms with Crippen molar-refractivity contribution >= 4 is 49.8 Å². The van der Waals surface area contributed by atoms with E-state index in [0.29, 0.717) is 10.0 Å². The molecule has 0 aliphatic carbocycles. The molecule has 0 amide bonds. The van der Waals surface area contributed by atoms with E-state index in [0.717, 1.165) is 10.0 Å². The van der Waals surface area contributed by atoms with Crippen LogP contribution in [0.2, 0.25) is 10.0 Å². The summed E-state index contributed by atoms with van der Waals surface area (Å²) < 4.78 is 2.70. The van der Waals surface area contributed by atoms with E-state index in [1.165, 1.54) is 0 Å². The second kappa shape index (κ2) is 7.88. The zero-order valence-electron chi connectivity index (χ0n) is 9.78. The molecule has 0 saturated carbocycles. The number of hydrogen-bond donors (Lipinski definition) is 1. The Kier molecular flexibility index (Phi) is 6.50. The zero-order chi connectivity index (χ0) is 15.1. The summed E-state index contributed by atoms with van der Waals surface area (Å²) in [5, 5.41) is 14.9. The minimum atomic E-state index is -1.50. The lowest BCUT2D eigenvalue weighted by Gasteiger charge is -2.03. The van der Waals surface area contributed by atoms with Gasteiger partial charge in [-0.25, -0.2) is 4.98 Å². The number of imidazole rings is 1. The Hall–Kier alpha value is -1.57. The van der Waals surface area contributed by atoms with Crippen molar-refractivity contribution in [1.82, 2.24) is 9.55 Å². The Balaban J connectivity index is 0.000000444. The Morgan fingerprint density at radius 2 is 2.15 bits per heavy atom. The van der Waals surface area contributed by atoms with Crippen LogP contribution in [0.3, 0.4) is 0 Å². The van der Waals surface area contributed by atoms with Crippen LogP contribution in [0.4, 0.5) is 0 Å². The van der Waals surface area contributed by atoms with Crippen molar-refractivity contribution in [1.29, 1.82) is 0 Å². The van der Waals surface area contributed by atoms with E-state index in [1.54, 1.807) is 24.7 Å². The Labute approximate surface area is 132 Å². The predicted octanol–water partition coefficient (Wildman–Crippen LogP) is 4.19. The van der Waals surface area contributed by atoms with Gasteiger partial charge in [0.1, 0.15) is 0 Å². The van der Waals surface area contributed by atoms with Crippen molar-refractivity contribution in [3.8, 4) is 0 Å². The maximum atomic E-state index is 8.36. The summed E-state index contributed by atoms with van der Waals surface area (Å²) in [6.07, 6.45) is 7.12. The molecule has 0 radical (unpaired) electrons.